The van der Waals surface area contributed by atoms with Crippen LogP contribution in [0.5, 0.6) is 0 Å². The lowest BCUT2D eigenvalue weighted by Gasteiger charge is -2.43. The molecule has 0 aromatic carbocycles. The summed E-state index contributed by atoms with van der Waals surface area (Å²) in [6.07, 6.45) is -0.788. The van der Waals surface area contributed by atoms with Crippen molar-refractivity contribution in [2.75, 3.05) is 12.4 Å². The number of aliphatic carboxylic acids is 1. The molecule has 3 atom stereocenters. The average Bonchev–Trinajstić information content (AvgIpc) is 2.60. The highest BCUT2D eigenvalue weighted by Gasteiger charge is 2.57. The van der Waals surface area contributed by atoms with Gasteiger partial charge >= 0.3 is 5.97 Å². The molecule has 100 valence electrons. The fourth-order valence-electron chi connectivity index (χ4n) is 1.99. The minimum atomic E-state index is -1.15. The van der Waals surface area contributed by atoms with E-state index < -0.39 is 18.0 Å². The summed E-state index contributed by atoms with van der Waals surface area (Å²) in [6.45, 7) is 1.47. The molecular formula is C10H13NO5S2. The van der Waals surface area contributed by atoms with E-state index in [-0.39, 0.29) is 23.6 Å². The normalized spacial score (nSPS) is 28.2. The zero-order valence-corrected chi connectivity index (χ0v) is 11.2. The lowest BCUT2D eigenvalue weighted by atomic mass is 9.92. The highest BCUT2D eigenvalue weighted by atomic mass is 32.2. The Morgan fingerprint density at radius 3 is 2.78 bits per heavy atom. The number of fused-ring (bicyclic) bond motifs is 1. The SMILES string of the molecule is C[C@@H](O)[C@H]1C(=O)N2C(C(=O)O)=C(SCCO)S[C@H]12. The zero-order valence-electron chi connectivity index (χ0n) is 9.57. The smallest absolute Gasteiger partial charge is 0.354 e. The fraction of sp³-hybridized carbons (Fsp3) is 0.600. The van der Waals surface area contributed by atoms with Crippen molar-refractivity contribution in [3.63, 3.8) is 0 Å². The first-order valence-electron chi connectivity index (χ1n) is 5.38. The van der Waals surface area contributed by atoms with Crippen molar-refractivity contribution in [3.05, 3.63) is 9.93 Å². The molecule has 6 nitrogen and oxygen atoms in total. The third kappa shape index (κ3) is 2.03. The predicted octanol–water partition coefficient (Wildman–Crippen LogP) is -0.122. The molecule has 0 spiro atoms. The van der Waals surface area contributed by atoms with Crippen LogP contribution in [0.4, 0.5) is 0 Å². The predicted molar refractivity (Wildman–Crippen MR) is 67.6 cm³/mol. The van der Waals surface area contributed by atoms with Crippen LogP contribution >= 0.6 is 23.5 Å². The molecule has 0 bridgehead atoms. The van der Waals surface area contributed by atoms with Crippen LogP contribution in [0.2, 0.25) is 0 Å². The van der Waals surface area contributed by atoms with Crippen LogP contribution in [-0.2, 0) is 9.59 Å². The Morgan fingerprint density at radius 1 is 1.61 bits per heavy atom. The van der Waals surface area contributed by atoms with Gasteiger partial charge < -0.3 is 15.3 Å². The number of β-lactam (4-membered cyclic amide) rings is 1. The number of carboxylic acid groups (broad SMARTS) is 1. The van der Waals surface area contributed by atoms with Gasteiger partial charge in [-0.2, -0.15) is 0 Å². The van der Waals surface area contributed by atoms with Crippen LogP contribution < -0.4 is 0 Å². The number of thioether (sulfide) groups is 2. The van der Waals surface area contributed by atoms with Gasteiger partial charge in [0.25, 0.3) is 0 Å². The second kappa shape index (κ2) is 5.12. The monoisotopic (exact) mass is 291 g/mol. The van der Waals surface area contributed by atoms with Crippen LogP contribution in [0, 0.1) is 5.92 Å². The lowest BCUT2D eigenvalue weighted by molar-refractivity contribution is -0.156. The minimum absolute atomic E-state index is 0.0228. The Hall–Kier alpha value is -0.700. The summed E-state index contributed by atoms with van der Waals surface area (Å²) in [5.41, 5.74) is -0.0228. The van der Waals surface area contributed by atoms with Gasteiger partial charge in [0.1, 0.15) is 5.37 Å². The quantitative estimate of drug-likeness (QED) is 0.607. The molecule has 2 heterocycles. The van der Waals surface area contributed by atoms with Gasteiger partial charge in [-0.15, -0.1) is 11.8 Å². The molecule has 3 N–H and O–H groups in total. The van der Waals surface area contributed by atoms with Crippen molar-refractivity contribution in [2.45, 2.75) is 18.4 Å². The Balaban J connectivity index is 2.21. The van der Waals surface area contributed by atoms with E-state index in [1.165, 1.54) is 35.3 Å². The highest BCUT2D eigenvalue weighted by Crippen LogP contribution is 2.53. The third-order valence-corrected chi connectivity index (χ3v) is 5.43. The molecule has 1 saturated heterocycles. The summed E-state index contributed by atoms with van der Waals surface area (Å²) in [5.74, 6) is -1.66. The van der Waals surface area contributed by atoms with Crippen LogP contribution in [0.15, 0.2) is 9.93 Å². The van der Waals surface area contributed by atoms with Gasteiger partial charge in [-0.1, -0.05) is 11.8 Å². The number of hydrogen-bond acceptors (Lipinski definition) is 6. The molecule has 0 aromatic heterocycles. The molecule has 0 unspecified atom stereocenters. The molecule has 0 saturated carbocycles. The summed E-state index contributed by atoms with van der Waals surface area (Å²) >= 11 is 2.49. The van der Waals surface area contributed by atoms with E-state index in [0.29, 0.717) is 9.99 Å². The van der Waals surface area contributed by atoms with E-state index in [4.69, 9.17) is 10.2 Å². The summed E-state index contributed by atoms with van der Waals surface area (Å²) < 4.78 is 0.526. The van der Waals surface area contributed by atoms with E-state index in [9.17, 15) is 14.7 Å². The number of rotatable bonds is 5. The molecule has 2 aliphatic heterocycles. The second-order valence-corrected chi connectivity index (χ2v) is 6.49. The molecule has 0 aliphatic carbocycles. The summed E-state index contributed by atoms with van der Waals surface area (Å²) in [4.78, 5) is 24.2. The van der Waals surface area contributed by atoms with Crippen LogP contribution in [0.1, 0.15) is 6.92 Å². The average molecular weight is 291 g/mol. The molecule has 1 amide bonds. The summed E-state index contributed by atoms with van der Waals surface area (Å²) in [5, 5.41) is 27.1. The summed E-state index contributed by atoms with van der Waals surface area (Å²) in [7, 11) is 0. The van der Waals surface area contributed by atoms with Crippen molar-refractivity contribution >= 4 is 35.4 Å². The standard InChI is InChI=1S/C10H13NO5S2/c1-4(13)5-7(14)11-6(9(15)16)10(17-3-2-12)18-8(5)11/h4-5,8,12-13H,2-3H2,1H3,(H,15,16)/t4-,5+,8-/m1/s1. The minimum Gasteiger partial charge on any atom is -0.477 e. The van der Waals surface area contributed by atoms with E-state index in [0.717, 1.165) is 0 Å². The number of amides is 1. The second-order valence-electron chi connectivity index (χ2n) is 4.00. The number of carboxylic acids is 1. The highest BCUT2D eigenvalue weighted by molar-refractivity contribution is 8.22. The molecule has 2 aliphatic rings. The first kappa shape index (κ1) is 13.7. The van der Waals surface area contributed by atoms with Gasteiger partial charge in [0.2, 0.25) is 5.91 Å². The number of nitrogens with zero attached hydrogens (tertiary/aromatic N) is 1. The van der Waals surface area contributed by atoms with Gasteiger partial charge in [0.15, 0.2) is 5.70 Å². The zero-order chi connectivity index (χ0) is 13.4. The maximum Gasteiger partial charge on any atom is 0.354 e. The van der Waals surface area contributed by atoms with E-state index >= 15 is 0 Å². The van der Waals surface area contributed by atoms with Gasteiger partial charge in [-0.3, -0.25) is 9.69 Å². The first-order chi connectivity index (χ1) is 8.49. The maximum atomic E-state index is 11.8. The number of aliphatic hydroxyl groups is 2. The Labute approximate surface area is 112 Å². The van der Waals surface area contributed by atoms with Crippen molar-refractivity contribution < 1.29 is 24.9 Å². The van der Waals surface area contributed by atoms with Crippen molar-refractivity contribution in [1.29, 1.82) is 0 Å². The Bertz CT molecular complexity index is 422. The summed E-state index contributed by atoms with van der Waals surface area (Å²) in [6, 6.07) is 0. The Kier molecular flexibility index (Phi) is 3.90. The molecule has 8 heteroatoms. The van der Waals surface area contributed by atoms with E-state index in [1.807, 2.05) is 0 Å². The number of aliphatic hydroxyl groups excluding tert-OH is 2. The molecule has 0 radical (unpaired) electrons. The van der Waals surface area contributed by atoms with Crippen LogP contribution in [-0.4, -0.2) is 55.9 Å². The first-order valence-corrected chi connectivity index (χ1v) is 7.24. The molecule has 0 aromatic rings. The van der Waals surface area contributed by atoms with Crippen LogP contribution in [0.3, 0.4) is 0 Å². The van der Waals surface area contributed by atoms with Gasteiger partial charge in [0, 0.05) is 5.75 Å². The van der Waals surface area contributed by atoms with E-state index in [1.54, 1.807) is 0 Å². The van der Waals surface area contributed by atoms with Crippen LogP contribution in [0.25, 0.3) is 0 Å². The van der Waals surface area contributed by atoms with Gasteiger partial charge in [0.05, 0.1) is 22.9 Å². The largest absolute Gasteiger partial charge is 0.477 e. The van der Waals surface area contributed by atoms with E-state index in [2.05, 4.69) is 0 Å². The van der Waals surface area contributed by atoms with Crippen molar-refractivity contribution in [1.82, 2.24) is 4.90 Å². The molecule has 1 fully saturated rings. The van der Waals surface area contributed by atoms with Crippen molar-refractivity contribution in [3.8, 4) is 0 Å². The van der Waals surface area contributed by atoms with Gasteiger partial charge in [-0.05, 0) is 6.92 Å². The number of carbonyl (C=O) groups excluding carboxylic acids is 1. The topological polar surface area (TPSA) is 98.1 Å². The molecule has 2 rings (SSSR count). The fourth-order valence-corrected chi connectivity index (χ4v) is 4.73. The van der Waals surface area contributed by atoms with Gasteiger partial charge in [-0.25, -0.2) is 4.79 Å². The van der Waals surface area contributed by atoms with Crippen molar-refractivity contribution in [2.24, 2.45) is 5.92 Å². The molecular weight excluding hydrogens is 278 g/mol. The Morgan fingerprint density at radius 2 is 2.28 bits per heavy atom. The number of hydrogen-bond donors (Lipinski definition) is 3. The number of carbonyl (C=O) groups is 2. The third-order valence-electron chi connectivity index (χ3n) is 2.79. The maximum absolute atomic E-state index is 11.8. The molecule has 18 heavy (non-hydrogen) atoms. The lowest BCUT2D eigenvalue weighted by Crippen LogP contribution is -2.60.